The van der Waals surface area contributed by atoms with Crippen LogP contribution in [0.3, 0.4) is 0 Å². The zero-order valence-corrected chi connectivity index (χ0v) is 57.3. The van der Waals surface area contributed by atoms with Crippen molar-refractivity contribution in [2.24, 2.45) is 22.9 Å². The van der Waals surface area contributed by atoms with E-state index in [0.29, 0.717) is 38.7 Å². The van der Waals surface area contributed by atoms with Gasteiger partial charge in [-0.1, -0.05) is 103 Å². The van der Waals surface area contributed by atoms with Gasteiger partial charge in [0.2, 0.25) is 65.0 Å². The normalized spacial score (nSPS) is 21.2. The number of hydrogen-bond acceptors (Lipinski definition) is 18. The number of phenols is 2. The van der Waals surface area contributed by atoms with Crippen LogP contribution in [0.25, 0.3) is 10.9 Å². The van der Waals surface area contributed by atoms with Crippen molar-refractivity contribution in [2.75, 3.05) is 13.1 Å². The minimum atomic E-state index is -1.98. The van der Waals surface area contributed by atoms with E-state index in [1.165, 1.54) is 68.0 Å². The second-order valence-electron chi connectivity index (χ2n) is 25.4. The predicted molar refractivity (Wildman–Crippen MR) is 383 cm³/mol. The Kier molecular flexibility index (Phi) is 28.3. The van der Waals surface area contributed by atoms with E-state index in [1.807, 2.05) is 0 Å². The van der Waals surface area contributed by atoms with Crippen LogP contribution in [0.4, 0.5) is 0 Å². The van der Waals surface area contributed by atoms with Gasteiger partial charge in [-0.15, -0.1) is 0 Å². The van der Waals surface area contributed by atoms with Crippen molar-refractivity contribution < 1.29 is 67.7 Å². The van der Waals surface area contributed by atoms with Crippen molar-refractivity contribution in [3.8, 4) is 11.5 Å². The van der Waals surface area contributed by atoms with Gasteiger partial charge in [0, 0.05) is 55.6 Å². The lowest BCUT2D eigenvalue weighted by atomic mass is 9.96. The van der Waals surface area contributed by atoms with E-state index in [0.717, 1.165) is 0 Å². The fourth-order valence-electron chi connectivity index (χ4n) is 11.6. The zero-order chi connectivity index (χ0) is 75.7. The quantitative estimate of drug-likeness (QED) is 0.0176. The van der Waals surface area contributed by atoms with Crippen LogP contribution in [-0.4, -0.2) is 181 Å². The van der Waals surface area contributed by atoms with Crippen LogP contribution in [0.2, 0.25) is 0 Å². The highest BCUT2D eigenvalue weighted by Gasteiger charge is 2.39. The first-order valence-electron chi connectivity index (χ1n) is 33.8. The number of carbonyl (C=O) groups is 12. The summed E-state index contributed by atoms with van der Waals surface area (Å²) in [5.74, 6) is -13.0. The molecule has 33 heteroatoms. The van der Waals surface area contributed by atoms with Crippen LogP contribution in [0.15, 0.2) is 152 Å². The molecule has 11 atom stereocenters. The molecule has 0 bridgehead atoms. The number of para-hydroxylation sites is 1. The highest BCUT2D eigenvalue weighted by atomic mass is 16.3. The summed E-state index contributed by atoms with van der Waals surface area (Å²) in [4.78, 5) is 186. The fourth-order valence-corrected chi connectivity index (χ4v) is 11.6. The van der Waals surface area contributed by atoms with Gasteiger partial charge in [-0.25, -0.2) is 4.98 Å². The summed E-state index contributed by atoms with van der Waals surface area (Å²) >= 11 is 0. The number of aromatic amines is 2. The lowest BCUT2D eigenvalue weighted by Crippen LogP contribution is -2.61. The number of amides is 11. The number of hydrogen-bond donors (Lipinski definition) is 20. The molecule has 33 nitrogen and oxygen atoms in total. The summed E-state index contributed by atoms with van der Waals surface area (Å²) < 4.78 is 0. The molecule has 0 unspecified atom stereocenters. The Bertz CT molecular complexity index is 4200. The largest absolute Gasteiger partial charge is 0.508 e. The van der Waals surface area contributed by atoms with Crippen LogP contribution in [0.5, 0.6) is 11.5 Å². The number of guanidine groups is 1. The molecule has 1 aliphatic rings. The Hall–Kier alpha value is -12.5. The first kappa shape index (κ1) is 78.2. The molecule has 24 N–H and O–H groups in total. The van der Waals surface area contributed by atoms with Crippen LogP contribution in [0.1, 0.15) is 66.1 Å². The maximum atomic E-state index is 15.4. The van der Waals surface area contributed by atoms with E-state index in [2.05, 4.69) is 73.4 Å². The van der Waals surface area contributed by atoms with Crippen LogP contribution in [0, 0.1) is 5.41 Å². The van der Waals surface area contributed by atoms with E-state index in [1.54, 1.807) is 91.1 Å². The molecule has 5 aromatic carbocycles. The fraction of sp³-hybridized carbons (Fsp3) is 0.333. The molecule has 554 valence electrons. The minimum Gasteiger partial charge on any atom is -0.508 e. The van der Waals surface area contributed by atoms with E-state index < -0.39 is 169 Å². The Morgan fingerprint density at radius 3 is 1.62 bits per heavy atom. The SMILES string of the molecule is C[C@@H]1NC(=O)[C@H](CC(N)=O)NC(=O)[C@H](Cc2c[nH]c3ccccc23)NC(=O)[C@H](CCCNC(=N)N)NC(=O)[C@@H](Cc2ccccc2)NC(=O)[C@H](Cc2c[nH]cn2)NC(=O)[C@@H](NC(=O)[C@@H](N)Cc2ccc(O)cc2)CC(=O)N[C@@H](CNC(=O)[C@@H](N)Cc2ccc(O)cc2)C(=O)[C@H](Cc2ccccc2)NC1=O. The zero-order valence-electron chi connectivity index (χ0n) is 57.3. The number of aromatic hydroxyl groups is 2. The van der Waals surface area contributed by atoms with Crippen molar-refractivity contribution in [1.29, 1.82) is 5.41 Å². The van der Waals surface area contributed by atoms with Crippen LogP contribution < -0.4 is 81.4 Å². The molecule has 3 heterocycles. The summed E-state index contributed by atoms with van der Waals surface area (Å²) in [5.41, 5.74) is 27.4. The number of benzene rings is 5. The number of rotatable bonds is 23. The van der Waals surface area contributed by atoms with Gasteiger partial charge in [0.05, 0.1) is 43.0 Å². The maximum absolute atomic E-state index is 15.4. The maximum Gasteiger partial charge on any atom is 0.243 e. The van der Waals surface area contributed by atoms with Gasteiger partial charge in [0.1, 0.15) is 59.8 Å². The standard InChI is InChI=1S/C72H87N19O14/c1-39-63(97)86-53(29-40-11-4-2-5-12-40)62(96)59(37-81-64(98)49(73)27-42-18-22-46(92)23-19-42)84-61(95)34-58(87-65(99)50(74)28-43-20-24-47(93)25-21-43)71(105)90-56(32-45-36-78-38-82-45)70(104)88-54(30-41-13-6-3-7-14-41)68(102)85-52(17-10-26-79-72(76)77)66(100)89-55(31-44-35-80-51-16-9-8-15-48(44)51)69(103)91-57(33-60(75)94)67(101)83-39/h2-9,11-16,18-25,35-36,38-39,49-50,52-59,80,92-93H,10,17,26-34,37,73-74H2,1H3,(H2,75,94)(H,78,82)(H,81,98)(H,83,101)(H,84,95)(H,85,102)(H,86,97)(H,87,99)(H,88,104)(H,89,100)(H,90,105)(H,91,103)(H4,76,77,79)/t39-,49-,50-,52-,53-,54+,55-,56-,57-,58-,59-/m0/s1. The molecule has 1 aliphatic heterocycles. The molecular formula is C72H87N19O14. The van der Waals surface area contributed by atoms with Crippen molar-refractivity contribution in [3.63, 3.8) is 0 Å². The third-order valence-electron chi connectivity index (χ3n) is 17.2. The van der Waals surface area contributed by atoms with Crippen LogP contribution >= 0.6 is 0 Å². The Balaban J connectivity index is 1.23. The number of nitrogens with zero attached hydrogens (tertiary/aromatic N) is 1. The molecule has 0 saturated carbocycles. The molecule has 2 aromatic heterocycles. The van der Waals surface area contributed by atoms with Crippen molar-refractivity contribution in [3.05, 3.63) is 186 Å². The second-order valence-corrected chi connectivity index (χ2v) is 25.4. The number of fused-ring (bicyclic) bond motifs is 1. The minimum absolute atomic E-state index is 0.00259. The van der Waals surface area contributed by atoms with Gasteiger partial charge in [0.15, 0.2) is 11.7 Å². The molecule has 0 aliphatic carbocycles. The first-order chi connectivity index (χ1) is 50.2. The number of imidazole rings is 1. The number of carbonyl (C=O) groups excluding carboxylic acids is 12. The molecule has 1 saturated heterocycles. The first-order valence-corrected chi connectivity index (χ1v) is 33.8. The second kappa shape index (κ2) is 37.9. The summed E-state index contributed by atoms with van der Waals surface area (Å²) in [6.07, 6.45) is 0.707. The number of H-pyrrole nitrogens is 2. The van der Waals surface area contributed by atoms with Gasteiger partial charge in [0.25, 0.3) is 0 Å². The van der Waals surface area contributed by atoms with Crippen molar-refractivity contribution in [2.45, 2.75) is 138 Å². The predicted octanol–water partition coefficient (Wildman–Crippen LogP) is -2.68. The lowest BCUT2D eigenvalue weighted by molar-refractivity contribution is -0.136. The average molecular weight is 1440 g/mol. The van der Waals surface area contributed by atoms with Gasteiger partial charge in [-0.05, 0) is 97.2 Å². The van der Waals surface area contributed by atoms with E-state index in [9.17, 15) is 43.8 Å². The summed E-state index contributed by atoms with van der Waals surface area (Å²) in [5, 5.41) is 56.9. The average Bonchev–Trinajstić information content (AvgIpc) is 1.74. The molecule has 1 fully saturated rings. The molecule has 7 aromatic rings. The number of ketones is 1. The molecule has 105 heavy (non-hydrogen) atoms. The molecule has 8 rings (SSSR count). The molecule has 0 spiro atoms. The number of primary amides is 1. The number of phenolic OH excluding ortho intramolecular Hbond substituents is 2. The molecule has 0 radical (unpaired) electrons. The van der Waals surface area contributed by atoms with E-state index in [-0.39, 0.29) is 68.7 Å². The molecular weight excluding hydrogens is 1350 g/mol. The monoisotopic (exact) mass is 1440 g/mol. The van der Waals surface area contributed by atoms with Gasteiger partial charge >= 0.3 is 0 Å². The van der Waals surface area contributed by atoms with E-state index in [4.69, 9.17) is 28.3 Å². The van der Waals surface area contributed by atoms with Crippen molar-refractivity contribution >= 4 is 87.6 Å². The van der Waals surface area contributed by atoms with E-state index >= 15 is 24.0 Å². The molecule has 11 amide bonds. The summed E-state index contributed by atoms with van der Waals surface area (Å²) in [6, 6.07) is 16.9. The Labute approximate surface area is 602 Å². The van der Waals surface area contributed by atoms with Gasteiger partial charge < -0.3 is 102 Å². The topological polar surface area (TPSA) is 550 Å². The third kappa shape index (κ3) is 24.1. The Morgan fingerprint density at radius 1 is 0.533 bits per heavy atom. The summed E-state index contributed by atoms with van der Waals surface area (Å²) in [6.45, 7) is 0.483. The number of nitrogens with one attached hydrogen (secondary N) is 14. The third-order valence-corrected chi connectivity index (χ3v) is 17.2. The number of nitrogens with two attached hydrogens (primary N) is 4. The number of Topliss-reactive ketones (excluding diaryl/α,β-unsaturated/α-hetero) is 1. The van der Waals surface area contributed by atoms with Gasteiger partial charge in [-0.3, -0.25) is 62.9 Å². The van der Waals surface area contributed by atoms with Crippen molar-refractivity contribution in [1.82, 2.24) is 73.4 Å². The highest BCUT2D eigenvalue weighted by Crippen LogP contribution is 2.21. The van der Waals surface area contributed by atoms with Gasteiger partial charge in [-0.2, -0.15) is 0 Å². The number of aromatic nitrogens is 3. The van der Waals surface area contributed by atoms with Crippen LogP contribution in [-0.2, 0) is 96.1 Å². The Morgan fingerprint density at radius 2 is 1.04 bits per heavy atom. The highest BCUT2D eigenvalue weighted by molar-refractivity contribution is 6.02. The lowest BCUT2D eigenvalue weighted by Gasteiger charge is -2.28. The summed E-state index contributed by atoms with van der Waals surface area (Å²) in [7, 11) is 0. The smallest absolute Gasteiger partial charge is 0.243 e.